The number of rotatable bonds is 11. The van der Waals surface area contributed by atoms with Crippen LogP contribution in [0.1, 0.15) is 57.7 Å². The SMILES string of the molecule is CCc1nc(NNC(=O)[C@@H](CC2CCCC2)CN(O)C=O)c(F)c(NC2CC2)n1. The summed E-state index contributed by atoms with van der Waals surface area (Å²) in [6.07, 6.45) is 7.59. The summed E-state index contributed by atoms with van der Waals surface area (Å²) >= 11 is 0. The Morgan fingerprint density at radius 1 is 1.28 bits per heavy atom. The lowest BCUT2D eigenvalue weighted by Crippen LogP contribution is -2.41. The van der Waals surface area contributed by atoms with E-state index in [0.717, 1.165) is 38.5 Å². The zero-order chi connectivity index (χ0) is 20.8. The van der Waals surface area contributed by atoms with Crippen molar-refractivity contribution >= 4 is 24.0 Å². The topological polar surface area (TPSA) is 119 Å². The van der Waals surface area contributed by atoms with Gasteiger partial charge in [0.25, 0.3) is 0 Å². The molecule has 1 heterocycles. The number of hydrogen-bond acceptors (Lipinski definition) is 7. The fourth-order valence-corrected chi connectivity index (χ4v) is 3.66. The monoisotopic (exact) mass is 408 g/mol. The minimum Gasteiger partial charge on any atom is -0.365 e. The van der Waals surface area contributed by atoms with Crippen LogP contribution >= 0.6 is 0 Å². The highest BCUT2D eigenvalue weighted by molar-refractivity contribution is 5.80. The van der Waals surface area contributed by atoms with Crippen LogP contribution in [0.3, 0.4) is 0 Å². The van der Waals surface area contributed by atoms with Crippen LogP contribution in [0.25, 0.3) is 0 Å². The molecule has 10 heteroatoms. The molecular weight excluding hydrogens is 379 g/mol. The van der Waals surface area contributed by atoms with E-state index in [4.69, 9.17) is 0 Å². The van der Waals surface area contributed by atoms with Crippen LogP contribution in [0.2, 0.25) is 0 Å². The molecule has 2 aliphatic carbocycles. The van der Waals surface area contributed by atoms with Crippen LogP contribution in [0, 0.1) is 17.7 Å². The molecule has 9 nitrogen and oxygen atoms in total. The maximum absolute atomic E-state index is 14.7. The smallest absolute Gasteiger partial charge is 0.243 e. The van der Waals surface area contributed by atoms with Gasteiger partial charge in [0.05, 0.1) is 12.5 Å². The van der Waals surface area contributed by atoms with Crippen molar-refractivity contribution < 1.29 is 19.2 Å². The van der Waals surface area contributed by atoms with Gasteiger partial charge < -0.3 is 5.32 Å². The van der Waals surface area contributed by atoms with Gasteiger partial charge in [0, 0.05) is 12.5 Å². The van der Waals surface area contributed by atoms with Gasteiger partial charge in [-0.15, -0.1) is 0 Å². The van der Waals surface area contributed by atoms with E-state index >= 15 is 0 Å². The zero-order valence-electron chi connectivity index (χ0n) is 16.7. The van der Waals surface area contributed by atoms with E-state index in [9.17, 15) is 19.2 Å². The Labute approximate surface area is 169 Å². The van der Waals surface area contributed by atoms with E-state index in [0.29, 0.717) is 29.6 Å². The van der Waals surface area contributed by atoms with Crippen molar-refractivity contribution in [2.75, 3.05) is 17.3 Å². The molecule has 1 atom stereocenters. The van der Waals surface area contributed by atoms with Gasteiger partial charge in [-0.3, -0.25) is 25.6 Å². The molecule has 3 rings (SSSR count). The summed E-state index contributed by atoms with van der Waals surface area (Å²) in [6.45, 7) is 1.75. The van der Waals surface area contributed by atoms with Crippen LogP contribution in [0.5, 0.6) is 0 Å². The van der Waals surface area contributed by atoms with Crippen LogP contribution < -0.4 is 16.2 Å². The number of carbonyl (C=O) groups is 2. The van der Waals surface area contributed by atoms with E-state index in [1.807, 2.05) is 6.92 Å². The number of aromatic nitrogens is 2. The predicted molar refractivity (Wildman–Crippen MR) is 104 cm³/mol. The first-order chi connectivity index (χ1) is 14.0. The van der Waals surface area contributed by atoms with Crippen molar-refractivity contribution in [3.8, 4) is 0 Å². The van der Waals surface area contributed by atoms with Crippen LogP contribution in [0.15, 0.2) is 0 Å². The first-order valence-corrected chi connectivity index (χ1v) is 10.3. The average molecular weight is 408 g/mol. The maximum atomic E-state index is 14.7. The molecule has 2 aliphatic rings. The number of hydrogen-bond donors (Lipinski definition) is 4. The van der Waals surface area contributed by atoms with Gasteiger partial charge in [-0.05, 0) is 25.2 Å². The lowest BCUT2D eigenvalue weighted by molar-refractivity contribution is -0.154. The zero-order valence-corrected chi connectivity index (χ0v) is 16.7. The molecule has 0 aromatic carbocycles. The molecule has 2 fully saturated rings. The summed E-state index contributed by atoms with van der Waals surface area (Å²) in [5.41, 5.74) is 5.05. The number of carbonyl (C=O) groups excluding carboxylic acids is 2. The first kappa shape index (κ1) is 21.2. The summed E-state index contributed by atoms with van der Waals surface area (Å²) < 4.78 is 14.7. The van der Waals surface area contributed by atoms with Gasteiger partial charge in [0.2, 0.25) is 18.1 Å². The number of hydrazine groups is 1. The second-order valence-electron chi connectivity index (χ2n) is 7.85. The maximum Gasteiger partial charge on any atom is 0.243 e. The summed E-state index contributed by atoms with van der Waals surface area (Å²) in [5.74, 6) is -0.839. The Hall–Kier alpha value is -2.49. The fraction of sp³-hybridized carbons (Fsp3) is 0.684. The van der Waals surface area contributed by atoms with Crippen LogP contribution in [0.4, 0.5) is 16.0 Å². The predicted octanol–water partition coefficient (Wildman–Crippen LogP) is 2.24. The lowest BCUT2D eigenvalue weighted by Gasteiger charge is -2.22. The van der Waals surface area contributed by atoms with E-state index in [1.54, 1.807) is 0 Å². The van der Waals surface area contributed by atoms with Gasteiger partial charge >= 0.3 is 0 Å². The summed E-state index contributed by atoms with van der Waals surface area (Å²) in [6, 6.07) is 0.223. The highest BCUT2D eigenvalue weighted by atomic mass is 19.1. The van der Waals surface area contributed by atoms with E-state index in [-0.39, 0.29) is 30.6 Å². The summed E-state index contributed by atoms with van der Waals surface area (Å²) in [4.78, 5) is 31.8. The van der Waals surface area contributed by atoms with Gasteiger partial charge in [-0.1, -0.05) is 32.6 Å². The van der Waals surface area contributed by atoms with Gasteiger partial charge in [0.1, 0.15) is 5.82 Å². The second kappa shape index (κ2) is 9.82. The molecule has 2 saturated carbocycles. The second-order valence-corrected chi connectivity index (χ2v) is 7.85. The minimum absolute atomic E-state index is 0.107. The molecule has 0 bridgehead atoms. The van der Waals surface area contributed by atoms with Crippen molar-refractivity contribution in [1.82, 2.24) is 20.5 Å². The van der Waals surface area contributed by atoms with Crippen LogP contribution in [-0.4, -0.2) is 45.1 Å². The van der Waals surface area contributed by atoms with E-state index in [2.05, 4.69) is 26.1 Å². The third-order valence-corrected chi connectivity index (χ3v) is 5.43. The summed E-state index contributed by atoms with van der Waals surface area (Å²) in [5, 5.41) is 13.1. The molecule has 1 aromatic rings. The first-order valence-electron chi connectivity index (χ1n) is 10.3. The van der Waals surface area contributed by atoms with Crippen molar-refractivity contribution in [2.45, 2.75) is 64.3 Å². The highest BCUT2D eigenvalue weighted by Gasteiger charge is 2.28. The van der Waals surface area contributed by atoms with Crippen molar-refractivity contribution in [3.63, 3.8) is 0 Å². The summed E-state index contributed by atoms with van der Waals surface area (Å²) in [7, 11) is 0. The van der Waals surface area contributed by atoms with Crippen LogP contribution in [-0.2, 0) is 16.0 Å². The number of nitrogens with one attached hydrogen (secondary N) is 3. The quantitative estimate of drug-likeness (QED) is 0.252. The molecule has 0 spiro atoms. The molecule has 4 N–H and O–H groups in total. The molecule has 0 radical (unpaired) electrons. The number of halogens is 1. The third kappa shape index (κ3) is 5.99. The number of aryl methyl sites for hydroxylation is 1. The Morgan fingerprint density at radius 2 is 1.97 bits per heavy atom. The van der Waals surface area contributed by atoms with Gasteiger partial charge in [0.15, 0.2) is 11.6 Å². The molecular formula is C19H29FN6O3. The normalized spacial score (nSPS) is 17.6. The standard InChI is InChI=1S/C19H29FN6O3/c1-2-15-22-17(21-14-7-8-14)16(20)18(23-15)24-25-19(28)13(10-26(29)11-27)9-12-5-3-4-6-12/h11-14,29H,2-10H2,1H3,(H,25,28)(H2,21,22,23,24)/t13-/m0/s1. The van der Waals surface area contributed by atoms with Crippen molar-refractivity contribution in [2.24, 2.45) is 11.8 Å². The molecule has 160 valence electrons. The van der Waals surface area contributed by atoms with Crippen molar-refractivity contribution in [1.29, 1.82) is 0 Å². The number of anilines is 2. The number of hydroxylamine groups is 2. The number of amides is 2. The lowest BCUT2D eigenvalue weighted by atomic mass is 9.92. The van der Waals surface area contributed by atoms with E-state index in [1.165, 1.54) is 0 Å². The Balaban J connectivity index is 1.66. The molecule has 0 unspecified atom stereocenters. The molecule has 0 aliphatic heterocycles. The Kier molecular flexibility index (Phi) is 7.18. The Morgan fingerprint density at radius 3 is 2.59 bits per heavy atom. The minimum atomic E-state index is -0.654. The van der Waals surface area contributed by atoms with Gasteiger partial charge in [-0.2, -0.15) is 4.39 Å². The molecule has 0 saturated heterocycles. The van der Waals surface area contributed by atoms with Crippen molar-refractivity contribution in [3.05, 3.63) is 11.6 Å². The third-order valence-electron chi connectivity index (χ3n) is 5.43. The van der Waals surface area contributed by atoms with Gasteiger partial charge in [-0.25, -0.2) is 15.0 Å². The Bertz CT molecular complexity index is 724. The molecule has 29 heavy (non-hydrogen) atoms. The number of nitrogens with zero attached hydrogens (tertiary/aromatic N) is 3. The molecule has 2 amide bonds. The van der Waals surface area contributed by atoms with E-state index < -0.39 is 17.6 Å². The average Bonchev–Trinajstić information content (AvgIpc) is 3.39. The highest BCUT2D eigenvalue weighted by Crippen LogP contribution is 2.31. The fourth-order valence-electron chi connectivity index (χ4n) is 3.66. The molecule has 1 aromatic heterocycles. The largest absolute Gasteiger partial charge is 0.365 e.